The maximum absolute atomic E-state index is 11.4. The molecule has 1 aromatic heterocycles. The van der Waals surface area contributed by atoms with E-state index >= 15 is 0 Å². The van der Waals surface area contributed by atoms with Crippen molar-refractivity contribution in [3.05, 3.63) is 57.2 Å². The smallest absolute Gasteiger partial charge is 0.260 e. The number of hydrogen-bond acceptors (Lipinski definition) is 3. The number of aromatic nitrogens is 1. The van der Waals surface area contributed by atoms with Crippen molar-refractivity contribution in [2.75, 3.05) is 5.33 Å². The lowest BCUT2D eigenvalue weighted by atomic mass is 10.1. The second kappa shape index (κ2) is 5.42. The van der Waals surface area contributed by atoms with E-state index < -0.39 is 0 Å². The number of nitrogens with zero attached hydrogens (tertiary/aromatic N) is 1. The first-order valence-electron chi connectivity index (χ1n) is 5.03. The summed E-state index contributed by atoms with van der Waals surface area (Å²) < 4.78 is 1.67. The normalized spacial score (nSPS) is 10.4. The van der Waals surface area contributed by atoms with Crippen LogP contribution in [0.1, 0.15) is 15.9 Å². The zero-order valence-electron chi connectivity index (χ0n) is 8.93. The Hall–Kier alpha value is -1.20. The monoisotopic (exact) mass is 311 g/mol. The second-order valence-corrected chi connectivity index (χ2v) is 5.02. The van der Waals surface area contributed by atoms with Gasteiger partial charge in [-0.3, -0.25) is 13.5 Å². The minimum atomic E-state index is 0.00983. The van der Waals surface area contributed by atoms with Crippen molar-refractivity contribution in [3.8, 4) is 0 Å². The highest BCUT2D eigenvalue weighted by atomic mass is 79.9. The fourth-order valence-corrected chi connectivity index (χ4v) is 2.49. The topological polar surface area (TPSA) is 39.1 Å². The Morgan fingerprint density at radius 3 is 2.47 bits per heavy atom. The van der Waals surface area contributed by atoms with Gasteiger partial charge < -0.3 is 0 Å². The zero-order valence-corrected chi connectivity index (χ0v) is 11.3. The number of halogens is 1. The summed E-state index contributed by atoms with van der Waals surface area (Å²) in [4.78, 5) is 22.8. The van der Waals surface area contributed by atoms with E-state index in [1.54, 1.807) is 27.5 Å². The van der Waals surface area contributed by atoms with Crippen LogP contribution in [0.4, 0.5) is 0 Å². The van der Waals surface area contributed by atoms with Gasteiger partial charge in [0.2, 0.25) is 0 Å². The molecule has 1 heterocycles. The Labute approximate surface area is 111 Å². The number of carbonyl (C=O) groups excluding carboxylic acids is 1. The molecule has 0 bridgehead atoms. The Balaban J connectivity index is 2.16. The molecule has 3 nitrogen and oxygen atoms in total. The van der Waals surface area contributed by atoms with E-state index in [4.69, 9.17) is 0 Å². The molecule has 1 aromatic carbocycles. The molecule has 2 aromatic rings. The first-order valence-corrected chi connectivity index (χ1v) is 6.99. The molecular formula is C12H10BrNO2S. The first-order chi connectivity index (χ1) is 8.20. The van der Waals surface area contributed by atoms with Gasteiger partial charge in [0.1, 0.15) is 0 Å². The molecule has 0 aliphatic heterocycles. The number of alkyl halides is 1. The van der Waals surface area contributed by atoms with E-state index in [2.05, 4.69) is 15.9 Å². The van der Waals surface area contributed by atoms with E-state index in [1.165, 1.54) is 11.5 Å². The van der Waals surface area contributed by atoms with Crippen LogP contribution in [0.2, 0.25) is 0 Å². The number of carbonyl (C=O) groups is 1. The van der Waals surface area contributed by atoms with Crippen LogP contribution in [0.15, 0.2) is 40.5 Å². The highest BCUT2D eigenvalue weighted by molar-refractivity contribution is 9.09. The lowest BCUT2D eigenvalue weighted by Gasteiger charge is -2.02. The third-order valence-corrected chi connectivity index (χ3v) is 3.70. The van der Waals surface area contributed by atoms with Crippen LogP contribution in [0.5, 0.6) is 0 Å². The summed E-state index contributed by atoms with van der Waals surface area (Å²) in [6.07, 6.45) is 0. The van der Waals surface area contributed by atoms with Gasteiger partial charge in [-0.15, -0.1) is 0 Å². The molecule has 0 radical (unpaired) electrons. The standard InChI is InChI=1S/C12H10BrNO2S/c13-7-11(15)10-3-1-9(2-4-10)8-14-12(16)5-6-17-14/h1-6H,7-8H2. The van der Waals surface area contributed by atoms with Crippen LogP contribution in [0.3, 0.4) is 0 Å². The highest BCUT2D eigenvalue weighted by Crippen LogP contribution is 2.08. The van der Waals surface area contributed by atoms with Crippen molar-refractivity contribution in [3.63, 3.8) is 0 Å². The minimum absolute atomic E-state index is 0.00983. The molecule has 2 rings (SSSR count). The Morgan fingerprint density at radius 1 is 1.24 bits per heavy atom. The number of benzene rings is 1. The Bertz CT molecular complexity index is 571. The van der Waals surface area contributed by atoms with E-state index in [0.29, 0.717) is 17.4 Å². The molecular weight excluding hydrogens is 302 g/mol. The summed E-state index contributed by atoms with van der Waals surface area (Å²) in [5, 5.41) is 2.10. The van der Waals surface area contributed by atoms with Crippen molar-refractivity contribution >= 4 is 33.2 Å². The maximum atomic E-state index is 11.4. The van der Waals surface area contributed by atoms with Crippen molar-refractivity contribution in [2.24, 2.45) is 0 Å². The van der Waals surface area contributed by atoms with Gasteiger partial charge >= 0.3 is 0 Å². The van der Waals surface area contributed by atoms with Gasteiger partial charge in [-0.05, 0) is 5.56 Å². The summed E-state index contributed by atoms with van der Waals surface area (Å²) in [5.41, 5.74) is 1.71. The molecule has 0 saturated carbocycles. The summed E-state index contributed by atoms with van der Waals surface area (Å²) in [6.45, 7) is 0.555. The van der Waals surface area contributed by atoms with Crippen LogP contribution in [0.25, 0.3) is 0 Å². The third kappa shape index (κ3) is 2.92. The maximum Gasteiger partial charge on any atom is 0.260 e. The molecule has 88 valence electrons. The van der Waals surface area contributed by atoms with E-state index in [1.807, 2.05) is 12.1 Å². The lowest BCUT2D eigenvalue weighted by Crippen LogP contribution is -2.12. The van der Waals surface area contributed by atoms with Gasteiger partial charge in [-0.25, -0.2) is 0 Å². The van der Waals surface area contributed by atoms with Gasteiger partial charge in [0, 0.05) is 17.0 Å². The third-order valence-electron chi connectivity index (χ3n) is 2.37. The first kappa shape index (κ1) is 12.3. The van der Waals surface area contributed by atoms with Crippen molar-refractivity contribution in [1.29, 1.82) is 0 Å². The molecule has 0 atom stereocenters. The second-order valence-electron chi connectivity index (χ2n) is 3.54. The number of rotatable bonds is 4. The van der Waals surface area contributed by atoms with Crippen molar-refractivity contribution < 1.29 is 4.79 Å². The fourth-order valence-electron chi connectivity index (χ4n) is 1.45. The quantitative estimate of drug-likeness (QED) is 0.643. The minimum Gasteiger partial charge on any atom is -0.293 e. The van der Waals surface area contributed by atoms with Crippen LogP contribution >= 0.6 is 27.5 Å². The van der Waals surface area contributed by atoms with E-state index in [-0.39, 0.29) is 11.3 Å². The fraction of sp³-hybridized carbons (Fsp3) is 0.167. The average molecular weight is 312 g/mol. The predicted octanol–water partition coefficient (Wildman–Crippen LogP) is 2.54. The number of hydrogen-bond donors (Lipinski definition) is 0. The summed E-state index contributed by atoms with van der Waals surface area (Å²) in [5.74, 6) is 0.0600. The number of ketones is 1. The largest absolute Gasteiger partial charge is 0.293 e. The molecule has 0 aliphatic rings. The van der Waals surface area contributed by atoms with Crippen LogP contribution in [0, 0.1) is 0 Å². The van der Waals surface area contributed by atoms with Gasteiger partial charge in [0.25, 0.3) is 5.56 Å². The van der Waals surface area contributed by atoms with Crippen molar-refractivity contribution in [1.82, 2.24) is 3.96 Å². The number of Topliss-reactive ketones (excluding diaryl/α,β-unsaturated/α-hetero) is 1. The van der Waals surface area contributed by atoms with E-state index in [9.17, 15) is 9.59 Å². The molecule has 17 heavy (non-hydrogen) atoms. The Morgan fingerprint density at radius 2 is 1.94 bits per heavy atom. The van der Waals surface area contributed by atoms with Gasteiger partial charge in [0.05, 0.1) is 11.9 Å². The van der Waals surface area contributed by atoms with Gasteiger partial charge in [-0.2, -0.15) is 0 Å². The van der Waals surface area contributed by atoms with Gasteiger partial charge in [0.15, 0.2) is 5.78 Å². The van der Waals surface area contributed by atoms with Crippen LogP contribution in [-0.4, -0.2) is 15.1 Å². The van der Waals surface area contributed by atoms with Crippen molar-refractivity contribution in [2.45, 2.75) is 6.54 Å². The summed E-state index contributed by atoms with van der Waals surface area (Å²) >= 11 is 4.52. The molecule has 0 saturated heterocycles. The molecule has 0 fully saturated rings. The van der Waals surface area contributed by atoms with Crippen LogP contribution in [-0.2, 0) is 6.54 Å². The zero-order chi connectivity index (χ0) is 12.3. The summed E-state index contributed by atoms with van der Waals surface area (Å²) in [6, 6.07) is 8.88. The SMILES string of the molecule is O=C(CBr)c1ccc(Cn2sccc2=O)cc1. The van der Waals surface area contributed by atoms with Gasteiger partial charge in [-0.1, -0.05) is 51.7 Å². The average Bonchev–Trinajstić information content (AvgIpc) is 2.75. The molecule has 0 N–H and O–H groups in total. The molecule has 0 amide bonds. The Kier molecular flexibility index (Phi) is 3.91. The molecule has 5 heteroatoms. The van der Waals surface area contributed by atoms with Crippen LogP contribution < -0.4 is 5.56 Å². The molecule has 0 aliphatic carbocycles. The molecule has 0 unspecified atom stereocenters. The molecule has 0 spiro atoms. The highest BCUT2D eigenvalue weighted by Gasteiger charge is 2.04. The lowest BCUT2D eigenvalue weighted by molar-refractivity contribution is 0.102. The summed E-state index contributed by atoms with van der Waals surface area (Å²) in [7, 11) is 0. The predicted molar refractivity (Wildman–Crippen MR) is 72.2 cm³/mol. The van der Waals surface area contributed by atoms with E-state index in [0.717, 1.165) is 5.56 Å².